The molecule has 2 N–H and O–H groups in total. The molecule has 10 heteroatoms. The van der Waals surface area contributed by atoms with Gasteiger partial charge in [-0.2, -0.15) is 4.31 Å². The Kier molecular flexibility index (Phi) is 7.52. The van der Waals surface area contributed by atoms with E-state index in [1.807, 2.05) is 6.92 Å². The molecule has 1 aromatic heterocycles. The molecule has 4 rings (SSSR count). The van der Waals surface area contributed by atoms with Crippen molar-refractivity contribution in [3.8, 4) is 0 Å². The molecule has 0 unspecified atom stereocenters. The number of amides is 2. The van der Waals surface area contributed by atoms with Crippen molar-refractivity contribution >= 4 is 27.5 Å². The molecule has 2 aromatic carbocycles. The van der Waals surface area contributed by atoms with Crippen LogP contribution in [0, 0.1) is 6.92 Å². The second-order valence-corrected chi connectivity index (χ2v) is 10.2. The smallest absolute Gasteiger partial charge is 0.253 e. The van der Waals surface area contributed by atoms with Gasteiger partial charge in [-0.1, -0.05) is 29.8 Å². The molecule has 0 atom stereocenters. The Labute approximate surface area is 204 Å². The van der Waals surface area contributed by atoms with Gasteiger partial charge in [0.1, 0.15) is 5.76 Å². The molecule has 1 fully saturated rings. The zero-order valence-electron chi connectivity index (χ0n) is 19.4. The summed E-state index contributed by atoms with van der Waals surface area (Å²) in [6.45, 7) is 3.22. The second-order valence-electron chi connectivity index (χ2n) is 8.26. The topological polar surface area (TPSA) is 112 Å². The van der Waals surface area contributed by atoms with Gasteiger partial charge in [0.15, 0.2) is 0 Å². The average molecular weight is 497 g/mol. The minimum absolute atomic E-state index is 0.00676. The lowest BCUT2D eigenvalue weighted by Crippen LogP contribution is -2.51. The number of carbonyl (C=O) groups is 2. The highest BCUT2D eigenvalue weighted by Gasteiger charge is 2.30. The van der Waals surface area contributed by atoms with Crippen LogP contribution in [-0.4, -0.2) is 62.2 Å². The molecule has 1 aliphatic rings. The summed E-state index contributed by atoms with van der Waals surface area (Å²) in [6, 6.07) is 17.2. The molecule has 2 amide bonds. The van der Waals surface area contributed by atoms with E-state index in [4.69, 9.17) is 4.42 Å². The summed E-state index contributed by atoms with van der Waals surface area (Å²) in [7, 11) is -3.59. The molecule has 9 nitrogen and oxygen atoms in total. The van der Waals surface area contributed by atoms with Gasteiger partial charge in [0.05, 0.1) is 29.8 Å². The van der Waals surface area contributed by atoms with Gasteiger partial charge in [-0.15, -0.1) is 0 Å². The number of rotatable bonds is 8. The molecular formula is C25H28N4O5S. The number of anilines is 1. The van der Waals surface area contributed by atoms with E-state index in [1.54, 1.807) is 71.8 Å². The number of nitrogens with one attached hydrogen (secondary N) is 2. The van der Waals surface area contributed by atoms with E-state index in [0.717, 1.165) is 5.56 Å². The number of piperazine rings is 1. The average Bonchev–Trinajstić information content (AvgIpc) is 3.40. The Balaban J connectivity index is 1.30. The van der Waals surface area contributed by atoms with Crippen LogP contribution in [0.5, 0.6) is 0 Å². The maximum atomic E-state index is 12.9. The number of para-hydroxylation sites is 1. The van der Waals surface area contributed by atoms with Crippen LogP contribution in [0.2, 0.25) is 0 Å². The number of furan rings is 1. The highest BCUT2D eigenvalue weighted by Crippen LogP contribution is 2.19. The van der Waals surface area contributed by atoms with Crippen molar-refractivity contribution in [1.29, 1.82) is 0 Å². The fraction of sp³-hybridized carbons (Fsp3) is 0.280. The van der Waals surface area contributed by atoms with E-state index in [0.29, 0.717) is 30.1 Å². The van der Waals surface area contributed by atoms with Crippen LogP contribution in [0.3, 0.4) is 0 Å². The number of hydrogen-bond acceptors (Lipinski definition) is 6. The van der Waals surface area contributed by atoms with Crippen LogP contribution in [0.15, 0.2) is 76.2 Å². The van der Waals surface area contributed by atoms with Gasteiger partial charge in [-0.05, 0) is 43.3 Å². The summed E-state index contributed by atoms with van der Waals surface area (Å²) in [6.07, 6.45) is 1.54. The number of nitrogens with zero attached hydrogens (tertiary/aromatic N) is 2. The number of carbonyl (C=O) groups excluding carboxylic acids is 2. The molecule has 0 aliphatic carbocycles. The standard InChI is InChI=1S/C25H28N4O5S/c1-19-8-10-21(11-9-19)35(32,33)29-14-12-28(13-15-29)24(30)18-26-23-7-3-2-6-22(23)25(31)27-17-20-5-4-16-34-20/h2-11,16,26H,12-15,17-18H2,1H3,(H,27,31). The van der Waals surface area contributed by atoms with Gasteiger partial charge in [-0.25, -0.2) is 8.42 Å². The monoisotopic (exact) mass is 496 g/mol. The van der Waals surface area contributed by atoms with Crippen LogP contribution < -0.4 is 10.6 Å². The summed E-state index contributed by atoms with van der Waals surface area (Å²) in [4.78, 5) is 27.3. The molecule has 0 spiro atoms. The van der Waals surface area contributed by atoms with Crippen molar-refractivity contribution in [2.75, 3.05) is 38.0 Å². The van der Waals surface area contributed by atoms with E-state index in [9.17, 15) is 18.0 Å². The molecular weight excluding hydrogens is 468 g/mol. The first-order valence-corrected chi connectivity index (χ1v) is 12.8. The van der Waals surface area contributed by atoms with Crippen molar-refractivity contribution in [2.24, 2.45) is 0 Å². The minimum atomic E-state index is -3.59. The van der Waals surface area contributed by atoms with E-state index in [2.05, 4.69) is 10.6 Å². The van der Waals surface area contributed by atoms with Crippen molar-refractivity contribution in [1.82, 2.24) is 14.5 Å². The van der Waals surface area contributed by atoms with Crippen LogP contribution in [0.1, 0.15) is 21.7 Å². The summed E-state index contributed by atoms with van der Waals surface area (Å²) >= 11 is 0. The Morgan fingerprint density at radius 2 is 1.66 bits per heavy atom. The number of aryl methyl sites for hydroxylation is 1. The fourth-order valence-corrected chi connectivity index (χ4v) is 5.25. The third-order valence-electron chi connectivity index (χ3n) is 5.86. The normalized spacial score (nSPS) is 14.5. The van der Waals surface area contributed by atoms with Crippen LogP contribution >= 0.6 is 0 Å². The fourth-order valence-electron chi connectivity index (χ4n) is 3.83. The molecule has 3 aromatic rings. The summed E-state index contributed by atoms with van der Waals surface area (Å²) in [5.41, 5.74) is 1.95. The molecule has 35 heavy (non-hydrogen) atoms. The first-order chi connectivity index (χ1) is 16.8. The lowest BCUT2D eigenvalue weighted by atomic mass is 10.1. The molecule has 0 bridgehead atoms. The molecule has 0 saturated carbocycles. The van der Waals surface area contributed by atoms with Gasteiger partial charge >= 0.3 is 0 Å². The van der Waals surface area contributed by atoms with Gasteiger partial charge in [0, 0.05) is 31.9 Å². The summed E-state index contributed by atoms with van der Waals surface area (Å²) < 4.78 is 32.4. The predicted molar refractivity (Wildman–Crippen MR) is 131 cm³/mol. The first-order valence-electron chi connectivity index (χ1n) is 11.3. The third kappa shape index (κ3) is 5.90. The van der Waals surface area contributed by atoms with Crippen molar-refractivity contribution < 1.29 is 22.4 Å². The number of benzene rings is 2. The van der Waals surface area contributed by atoms with Crippen molar-refractivity contribution in [3.63, 3.8) is 0 Å². The van der Waals surface area contributed by atoms with Gasteiger partial charge in [0.2, 0.25) is 15.9 Å². The molecule has 1 saturated heterocycles. The molecule has 0 radical (unpaired) electrons. The SMILES string of the molecule is Cc1ccc(S(=O)(=O)N2CCN(C(=O)CNc3ccccc3C(=O)NCc3ccco3)CC2)cc1. The Morgan fingerprint density at radius 1 is 0.943 bits per heavy atom. The second kappa shape index (κ2) is 10.7. The third-order valence-corrected chi connectivity index (χ3v) is 7.77. The molecule has 1 aliphatic heterocycles. The first kappa shape index (κ1) is 24.5. The maximum Gasteiger partial charge on any atom is 0.253 e. The van der Waals surface area contributed by atoms with Crippen molar-refractivity contribution in [3.05, 3.63) is 83.8 Å². The van der Waals surface area contributed by atoms with Crippen LogP contribution in [0.25, 0.3) is 0 Å². The minimum Gasteiger partial charge on any atom is -0.467 e. The maximum absolute atomic E-state index is 12.9. The summed E-state index contributed by atoms with van der Waals surface area (Å²) in [5.74, 6) is 0.192. The quantitative estimate of drug-likeness (QED) is 0.496. The highest BCUT2D eigenvalue weighted by atomic mass is 32.2. The van der Waals surface area contributed by atoms with E-state index < -0.39 is 10.0 Å². The lowest BCUT2D eigenvalue weighted by molar-refractivity contribution is -0.130. The van der Waals surface area contributed by atoms with E-state index >= 15 is 0 Å². The zero-order valence-corrected chi connectivity index (χ0v) is 20.3. The zero-order chi connectivity index (χ0) is 24.8. The highest BCUT2D eigenvalue weighted by molar-refractivity contribution is 7.89. The van der Waals surface area contributed by atoms with Crippen LogP contribution in [0.4, 0.5) is 5.69 Å². The Hall–Kier alpha value is -3.63. The molecule has 184 valence electrons. The van der Waals surface area contributed by atoms with Gasteiger partial charge in [-0.3, -0.25) is 9.59 Å². The van der Waals surface area contributed by atoms with E-state index in [1.165, 1.54) is 4.31 Å². The Morgan fingerprint density at radius 3 is 2.34 bits per heavy atom. The molecule has 2 heterocycles. The number of sulfonamides is 1. The Bertz CT molecular complexity index is 1270. The predicted octanol–water partition coefficient (Wildman–Crippen LogP) is 2.46. The number of hydrogen-bond donors (Lipinski definition) is 2. The largest absolute Gasteiger partial charge is 0.467 e. The van der Waals surface area contributed by atoms with Gasteiger partial charge in [0.25, 0.3) is 5.91 Å². The summed E-state index contributed by atoms with van der Waals surface area (Å²) in [5, 5.41) is 5.85. The van der Waals surface area contributed by atoms with Gasteiger partial charge < -0.3 is 20.0 Å². The van der Waals surface area contributed by atoms with E-state index in [-0.39, 0.29) is 42.9 Å². The lowest BCUT2D eigenvalue weighted by Gasteiger charge is -2.34. The van der Waals surface area contributed by atoms with Crippen molar-refractivity contribution in [2.45, 2.75) is 18.4 Å². The van der Waals surface area contributed by atoms with Crippen LogP contribution in [-0.2, 0) is 21.4 Å².